The Morgan fingerprint density at radius 1 is 0.319 bits per heavy atom. The number of aromatic nitrogens is 3. The van der Waals surface area contributed by atoms with Gasteiger partial charge in [0.1, 0.15) is 23.5 Å². The molecule has 0 aliphatic carbocycles. The molecule has 11 aromatic carbocycles. The quantitative estimate of drug-likeness (QED) is 0.172. The predicted octanol–water partition coefficient (Wildman–Crippen LogP) is 17.8. The lowest BCUT2D eigenvalue weighted by Crippen LogP contribution is -1.98. The van der Waals surface area contributed by atoms with Gasteiger partial charge in [-0.15, -0.1) is 0 Å². The summed E-state index contributed by atoms with van der Waals surface area (Å²) in [5.74, 6) is 0.878. The number of rotatable bonds is 5. The van der Waals surface area contributed by atoms with Gasteiger partial charge in [0, 0.05) is 60.0 Å². The average molecular weight is 920 g/mol. The number of ether oxygens (including phenoxy) is 1. The molecule has 0 saturated heterocycles. The van der Waals surface area contributed by atoms with Crippen molar-refractivity contribution in [2.75, 3.05) is 0 Å². The third-order valence-electron chi connectivity index (χ3n) is 15.3. The lowest BCUT2D eigenvalue weighted by Gasteiger charge is -2.10. The Kier molecular flexibility index (Phi) is 8.16. The maximum Gasteiger partial charge on any atom is 0.145 e. The van der Waals surface area contributed by atoms with Gasteiger partial charge in [0.05, 0.1) is 38.8 Å². The number of para-hydroxylation sites is 5. The topological polar surface area (TPSA) is 37.2 Å². The summed E-state index contributed by atoms with van der Waals surface area (Å²) >= 11 is 0. The molecule has 336 valence electrons. The Morgan fingerprint density at radius 3 is 1.47 bits per heavy atom. The van der Waals surface area contributed by atoms with Crippen LogP contribution in [-0.2, 0) is 6.61 Å². The number of hydrogen-bond donors (Lipinski definition) is 0. The van der Waals surface area contributed by atoms with E-state index in [0.29, 0.717) is 6.61 Å². The van der Waals surface area contributed by atoms with Gasteiger partial charge >= 0.3 is 0 Å². The highest BCUT2D eigenvalue weighted by atomic mass is 16.5. The molecule has 0 fully saturated rings. The van der Waals surface area contributed by atoms with E-state index in [0.717, 1.165) is 83.6 Å². The summed E-state index contributed by atoms with van der Waals surface area (Å²) in [5.41, 5.74) is 20.2. The first-order chi connectivity index (χ1) is 35.7. The molecule has 0 amide bonds. The van der Waals surface area contributed by atoms with Gasteiger partial charge in [-0.05, 0) is 143 Å². The Labute approximate surface area is 413 Å². The SMILES string of the molecule is c1ccc(-n2c3ccccc3c3cc(-c4ccc5c(c4)c4cc(-c6ccc7oc8cccc(-c9cc%10c%11c(c9)c9ccccc9n%11-c9ccccc9CO%10)c8c7c6)ccc4n5-c4ccccc4)ccc32)cc1. The van der Waals surface area contributed by atoms with Crippen LogP contribution in [0.3, 0.4) is 0 Å². The summed E-state index contributed by atoms with van der Waals surface area (Å²) in [4.78, 5) is 0. The second kappa shape index (κ2) is 15.0. The molecule has 0 atom stereocenters. The summed E-state index contributed by atoms with van der Waals surface area (Å²) in [6, 6.07) is 85.9. The molecule has 4 aromatic heterocycles. The van der Waals surface area contributed by atoms with E-state index in [9.17, 15) is 0 Å². The number of hydrogen-bond acceptors (Lipinski definition) is 2. The highest BCUT2D eigenvalue weighted by Crippen LogP contribution is 2.46. The Bertz CT molecular complexity index is 4740. The third kappa shape index (κ3) is 5.64. The first-order valence-corrected chi connectivity index (χ1v) is 24.7. The van der Waals surface area contributed by atoms with Gasteiger partial charge in [0.25, 0.3) is 0 Å². The van der Waals surface area contributed by atoms with E-state index in [-0.39, 0.29) is 0 Å². The molecule has 1 aliphatic heterocycles. The van der Waals surface area contributed by atoms with Crippen molar-refractivity contribution in [3.05, 3.63) is 242 Å². The van der Waals surface area contributed by atoms with Gasteiger partial charge in [-0.2, -0.15) is 0 Å². The summed E-state index contributed by atoms with van der Waals surface area (Å²) in [7, 11) is 0. The number of fused-ring (bicyclic) bond motifs is 14. The van der Waals surface area contributed by atoms with Crippen LogP contribution in [0.4, 0.5) is 0 Å². The van der Waals surface area contributed by atoms with Crippen molar-refractivity contribution in [3.63, 3.8) is 0 Å². The Hall–Kier alpha value is -9.58. The smallest absolute Gasteiger partial charge is 0.145 e. The second-order valence-electron chi connectivity index (χ2n) is 19.2. The highest BCUT2D eigenvalue weighted by molar-refractivity contribution is 6.18. The van der Waals surface area contributed by atoms with Gasteiger partial charge in [-0.3, -0.25) is 0 Å². The number of furan rings is 1. The molecule has 5 heterocycles. The van der Waals surface area contributed by atoms with Crippen molar-refractivity contribution in [2.24, 2.45) is 0 Å². The first kappa shape index (κ1) is 39.3. The molecular formula is C67H41N3O2. The second-order valence-corrected chi connectivity index (χ2v) is 19.2. The lowest BCUT2D eigenvalue weighted by molar-refractivity contribution is 0.312. The van der Waals surface area contributed by atoms with Crippen molar-refractivity contribution in [2.45, 2.75) is 6.61 Å². The minimum Gasteiger partial charge on any atom is -0.487 e. The van der Waals surface area contributed by atoms with Crippen molar-refractivity contribution < 1.29 is 9.15 Å². The highest BCUT2D eigenvalue weighted by Gasteiger charge is 2.24. The maximum absolute atomic E-state index is 6.73. The van der Waals surface area contributed by atoms with E-state index in [1.807, 2.05) is 0 Å². The monoisotopic (exact) mass is 919 g/mol. The number of nitrogens with zero attached hydrogens (tertiary/aromatic N) is 3. The van der Waals surface area contributed by atoms with E-state index in [1.54, 1.807) is 0 Å². The van der Waals surface area contributed by atoms with Gasteiger partial charge < -0.3 is 22.9 Å². The summed E-state index contributed by atoms with van der Waals surface area (Å²) in [5, 5.41) is 9.44. The van der Waals surface area contributed by atoms with Crippen molar-refractivity contribution in [3.8, 4) is 56.2 Å². The Morgan fingerprint density at radius 2 is 0.819 bits per heavy atom. The van der Waals surface area contributed by atoms with Crippen LogP contribution in [0.1, 0.15) is 5.56 Å². The molecule has 5 nitrogen and oxygen atoms in total. The van der Waals surface area contributed by atoms with E-state index in [4.69, 9.17) is 9.15 Å². The van der Waals surface area contributed by atoms with Gasteiger partial charge in [0.15, 0.2) is 0 Å². The standard InChI is InChI=1S/C67H41N3O2/c1-3-15-47(16-4-1)68-58-23-11-8-19-50(58)52-34-41(26-30-60(52)68)42-27-31-61-53(35-42)54-36-43(28-32-62(54)69(61)48-17-5-2-6-18-48)44-29-33-63-56(37-44)66-49(21-13-25-64(66)72-63)46-38-55-51-20-9-12-24-59(51)70-57-22-10-7-14-45(57)40-71-65(39-46)67(55)70/h1-39H,40H2. The van der Waals surface area contributed by atoms with Crippen LogP contribution in [0.25, 0.3) is 138 Å². The molecule has 0 saturated carbocycles. The third-order valence-corrected chi connectivity index (χ3v) is 15.3. The van der Waals surface area contributed by atoms with Crippen LogP contribution in [0, 0.1) is 0 Å². The van der Waals surface area contributed by atoms with E-state index in [2.05, 4.69) is 250 Å². The molecule has 72 heavy (non-hydrogen) atoms. The maximum atomic E-state index is 6.73. The predicted molar refractivity (Wildman–Crippen MR) is 297 cm³/mol. The molecule has 0 spiro atoms. The van der Waals surface area contributed by atoms with E-state index in [1.165, 1.54) is 65.5 Å². The molecule has 5 heteroatoms. The molecule has 0 bridgehead atoms. The molecule has 0 radical (unpaired) electrons. The van der Waals surface area contributed by atoms with Crippen LogP contribution in [0.5, 0.6) is 5.75 Å². The fourth-order valence-corrected chi connectivity index (χ4v) is 12.1. The fourth-order valence-electron chi connectivity index (χ4n) is 12.1. The van der Waals surface area contributed by atoms with Crippen molar-refractivity contribution in [1.29, 1.82) is 0 Å². The molecule has 15 aromatic rings. The van der Waals surface area contributed by atoms with Crippen LogP contribution in [0.2, 0.25) is 0 Å². The Balaban J connectivity index is 0.860. The molecule has 0 unspecified atom stereocenters. The lowest BCUT2D eigenvalue weighted by atomic mass is 9.95. The summed E-state index contributed by atoms with van der Waals surface area (Å²) in [6.07, 6.45) is 0. The van der Waals surface area contributed by atoms with Crippen molar-refractivity contribution in [1.82, 2.24) is 13.7 Å². The van der Waals surface area contributed by atoms with Crippen molar-refractivity contribution >= 4 is 87.4 Å². The zero-order valence-electron chi connectivity index (χ0n) is 38.9. The minimum atomic E-state index is 0.500. The van der Waals surface area contributed by atoms with E-state index >= 15 is 0 Å². The van der Waals surface area contributed by atoms with Crippen LogP contribution >= 0.6 is 0 Å². The van der Waals surface area contributed by atoms with Gasteiger partial charge in [-0.1, -0.05) is 127 Å². The normalized spacial score (nSPS) is 12.5. The molecular weight excluding hydrogens is 879 g/mol. The first-order valence-electron chi connectivity index (χ1n) is 24.7. The van der Waals surface area contributed by atoms with Crippen LogP contribution in [-0.4, -0.2) is 13.7 Å². The minimum absolute atomic E-state index is 0.500. The van der Waals surface area contributed by atoms with E-state index < -0.39 is 0 Å². The van der Waals surface area contributed by atoms with Gasteiger partial charge in [0.2, 0.25) is 0 Å². The number of benzene rings is 11. The fraction of sp³-hybridized carbons (Fsp3) is 0.0149. The average Bonchev–Trinajstić information content (AvgIpc) is 4.15. The zero-order valence-corrected chi connectivity index (χ0v) is 38.9. The zero-order chi connectivity index (χ0) is 47.0. The van der Waals surface area contributed by atoms with Gasteiger partial charge in [-0.25, -0.2) is 0 Å². The molecule has 1 aliphatic rings. The summed E-state index contributed by atoms with van der Waals surface area (Å²) in [6.45, 7) is 0.500. The van der Waals surface area contributed by atoms with Crippen LogP contribution in [0.15, 0.2) is 241 Å². The largest absolute Gasteiger partial charge is 0.487 e. The molecule has 0 N–H and O–H groups in total. The summed E-state index contributed by atoms with van der Waals surface area (Å²) < 4.78 is 20.6. The molecule has 16 rings (SSSR count). The van der Waals surface area contributed by atoms with Crippen LogP contribution < -0.4 is 4.74 Å².